The Hall–Kier alpha value is -1.07. The van der Waals surface area contributed by atoms with Gasteiger partial charge in [-0.15, -0.1) is 11.3 Å². The number of halogens is 2. The largest absolute Gasteiger partial charge is 0.287 e. The Bertz CT molecular complexity index is 498. The average molecular weight is 286 g/mol. The first kappa shape index (κ1) is 10.4. The third-order valence-electron chi connectivity index (χ3n) is 1.84. The Labute approximate surface area is 97.9 Å². The molecule has 0 unspecified atom stereocenters. The topological polar surface area (TPSA) is 30.0 Å². The fourth-order valence-electron chi connectivity index (χ4n) is 1.13. The first-order chi connectivity index (χ1) is 7.18. The van der Waals surface area contributed by atoms with Crippen molar-refractivity contribution < 1.29 is 9.18 Å². The van der Waals surface area contributed by atoms with Gasteiger partial charge in [0.05, 0.1) is 11.1 Å². The van der Waals surface area contributed by atoms with Crippen LogP contribution in [-0.4, -0.2) is 10.8 Å². The SMILES string of the molecule is O=C(c1cscn1)c1cc(Br)ccc1F. The summed E-state index contributed by atoms with van der Waals surface area (Å²) in [5.41, 5.74) is 1.86. The zero-order chi connectivity index (χ0) is 10.8. The van der Waals surface area contributed by atoms with Crippen LogP contribution < -0.4 is 0 Å². The minimum absolute atomic E-state index is 0.0373. The van der Waals surface area contributed by atoms with Crippen LogP contribution in [0.3, 0.4) is 0 Å². The van der Waals surface area contributed by atoms with Gasteiger partial charge in [0, 0.05) is 9.85 Å². The summed E-state index contributed by atoms with van der Waals surface area (Å²) in [5, 5.41) is 1.60. The Morgan fingerprint density at radius 2 is 2.27 bits per heavy atom. The molecular weight excluding hydrogens is 281 g/mol. The number of aromatic nitrogens is 1. The summed E-state index contributed by atoms with van der Waals surface area (Å²) in [4.78, 5) is 15.6. The van der Waals surface area contributed by atoms with E-state index in [1.54, 1.807) is 17.0 Å². The summed E-state index contributed by atoms with van der Waals surface area (Å²) in [5.74, 6) is -0.925. The van der Waals surface area contributed by atoms with Crippen LogP contribution in [-0.2, 0) is 0 Å². The Morgan fingerprint density at radius 3 is 2.93 bits per heavy atom. The van der Waals surface area contributed by atoms with Gasteiger partial charge in [-0.2, -0.15) is 0 Å². The molecule has 2 nitrogen and oxygen atoms in total. The maximum Gasteiger partial charge on any atom is 0.215 e. The molecule has 0 saturated carbocycles. The van der Waals surface area contributed by atoms with Gasteiger partial charge in [-0.3, -0.25) is 4.79 Å². The number of carbonyl (C=O) groups is 1. The highest BCUT2D eigenvalue weighted by molar-refractivity contribution is 9.10. The molecule has 0 aliphatic heterocycles. The zero-order valence-electron chi connectivity index (χ0n) is 7.41. The molecule has 0 aliphatic rings. The molecule has 0 radical (unpaired) electrons. The van der Waals surface area contributed by atoms with E-state index in [4.69, 9.17) is 0 Å². The van der Waals surface area contributed by atoms with Crippen LogP contribution in [0.15, 0.2) is 33.6 Å². The van der Waals surface area contributed by atoms with E-state index < -0.39 is 11.6 Å². The van der Waals surface area contributed by atoms with Gasteiger partial charge in [0.2, 0.25) is 5.78 Å². The number of benzene rings is 1. The monoisotopic (exact) mass is 285 g/mol. The van der Waals surface area contributed by atoms with E-state index in [1.165, 1.54) is 23.5 Å². The van der Waals surface area contributed by atoms with Gasteiger partial charge < -0.3 is 0 Å². The molecule has 5 heteroatoms. The van der Waals surface area contributed by atoms with Crippen molar-refractivity contribution in [1.29, 1.82) is 0 Å². The number of thiazole rings is 1. The first-order valence-corrected chi connectivity index (χ1v) is 5.80. The van der Waals surface area contributed by atoms with Crippen LogP contribution >= 0.6 is 27.3 Å². The van der Waals surface area contributed by atoms with Crippen molar-refractivity contribution in [3.05, 3.63) is 50.6 Å². The maximum atomic E-state index is 13.3. The third kappa shape index (κ3) is 2.13. The number of rotatable bonds is 2. The van der Waals surface area contributed by atoms with Gasteiger partial charge in [-0.25, -0.2) is 9.37 Å². The smallest absolute Gasteiger partial charge is 0.215 e. The molecule has 0 N–H and O–H groups in total. The second-order valence-corrected chi connectivity index (χ2v) is 4.46. The van der Waals surface area contributed by atoms with Crippen LogP contribution in [0.4, 0.5) is 4.39 Å². The Balaban J connectivity index is 2.46. The summed E-state index contributed by atoms with van der Waals surface area (Å²) in [6.07, 6.45) is 0. The lowest BCUT2D eigenvalue weighted by molar-refractivity contribution is 0.103. The number of ketones is 1. The average Bonchev–Trinajstić information content (AvgIpc) is 2.74. The van der Waals surface area contributed by atoms with Crippen LogP contribution in [0.1, 0.15) is 16.1 Å². The lowest BCUT2D eigenvalue weighted by Crippen LogP contribution is -2.04. The minimum Gasteiger partial charge on any atom is -0.287 e. The van der Waals surface area contributed by atoms with E-state index in [0.29, 0.717) is 4.47 Å². The molecule has 0 amide bonds. The van der Waals surface area contributed by atoms with Crippen LogP contribution in [0.25, 0.3) is 0 Å². The van der Waals surface area contributed by atoms with E-state index in [-0.39, 0.29) is 11.3 Å². The second-order valence-electron chi connectivity index (χ2n) is 2.83. The van der Waals surface area contributed by atoms with E-state index in [9.17, 15) is 9.18 Å². The molecular formula is C10H5BrFNOS. The molecule has 76 valence electrons. The molecule has 15 heavy (non-hydrogen) atoms. The Kier molecular flexibility index (Phi) is 2.93. The third-order valence-corrected chi connectivity index (χ3v) is 2.92. The fraction of sp³-hybridized carbons (Fsp3) is 0. The summed E-state index contributed by atoms with van der Waals surface area (Å²) in [6, 6.07) is 4.26. The van der Waals surface area contributed by atoms with Crippen molar-refractivity contribution in [3.8, 4) is 0 Å². The van der Waals surface area contributed by atoms with E-state index in [0.717, 1.165) is 0 Å². The molecule has 0 aliphatic carbocycles. The van der Waals surface area contributed by atoms with Crippen molar-refractivity contribution in [2.45, 2.75) is 0 Å². The van der Waals surface area contributed by atoms with Crippen molar-refractivity contribution in [2.75, 3.05) is 0 Å². The fourth-order valence-corrected chi connectivity index (χ4v) is 2.03. The lowest BCUT2D eigenvalue weighted by Gasteiger charge is -2.00. The molecule has 2 aromatic rings. The minimum atomic E-state index is -0.531. The van der Waals surface area contributed by atoms with Crippen molar-refractivity contribution in [2.24, 2.45) is 0 Å². The van der Waals surface area contributed by atoms with Crippen molar-refractivity contribution in [3.63, 3.8) is 0 Å². The standard InChI is InChI=1S/C10H5BrFNOS/c11-6-1-2-8(12)7(3-6)10(14)9-4-15-5-13-9/h1-5H. The maximum absolute atomic E-state index is 13.3. The van der Waals surface area contributed by atoms with E-state index in [2.05, 4.69) is 20.9 Å². The lowest BCUT2D eigenvalue weighted by atomic mass is 10.1. The number of carbonyl (C=O) groups excluding carboxylic acids is 1. The number of nitrogens with zero attached hydrogens (tertiary/aromatic N) is 1. The van der Waals surface area contributed by atoms with Gasteiger partial charge in [-0.05, 0) is 18.2 Å². The molecule has 1 aromatic carbocycles. The molecule has 1 aromatic heterocycles. The predicted molar refractivity (Wildman–Crippen MR) is 59.6 cm³/mol. The van der Waals surface area contributed by atoms with E-state index in [1.807, 2.05) is 0 Å². The van der Waals surface area contributed by atoms with Gasteiger partial charge in [0.25, 0.3) is 0 Å². The molecule has 1 heterocycles. The van der Waals surface area contributed by atoms with Crippen molar-refractivity contribution in [1.82, 2.24) is 4.98 Å². The molecule has 0 atom stereocenters. The normalized spacial score (nSPS) is 10.3. The summed E-state index contributed by atoms with van der Waals surface area (Å²) in [7, 11) is 0. The zero-order valence-corrected chi connectivity index (χ0v) is 9.81. The molecule has 0 bridgehead atoms. The molecule has 0 spiro atoms. The van der Waals surface area contributed by atoms with Gasteiger partial charge in [-0.1, -0.05) is 15.9 Å². The highest BCUT2D eigenvalue weighted by Crippen LogP contribution is 2.18. The van der Waals surface area contributed by atoms with Crippen LogP contribution in [0.5, 0.6) is 0 Å². The molecule has 2 rings (SSSR count). The number of hydrogen-bond acceptors (Lipinski definition) is 3. The highest BCUT2D eigenvalue weighted by atomic mass is 79.9. The summed E-state index contributed by atoms with van der Waals surface area (Å²) in [6.45, 7) is 0. The quantitative estimate of drug-likeness (QED) is 0.793. The molecule has 0 saturated heterocycles. The second kappa shape index (κ2) is 4.20. The first-order valence-electron chi connectivity index (χ1n) is 4.06. The van der Waals surface area contributed by atoms with Gasteiger partial charge >= 0.3 is 0 Å². The summed E-state index contributed by atoms with van der Waals surface area (Å²) < 4.78 is 14.0. The van der Waals surface area contributed by atoms with Crippen molar-refractivity contribution >= 4 is 33.0 Å². The summed E-state index contributed by atoms with van der Waals surface area (Å²) >= 11 is 4.50. The number of hydrogen-bond donors (Lipinski definition) is 0. The van der Waals surface area contributed by atoms with Crippen LogP contribution in [0, 0.1) is 5.82 Å². The molecule has 0 fully saturated rings. The highest BCUT2D eigenvalue weighted by Gasteiger charge is 2.15. The van der Waals surface area contributed by atoms with Crippen LogP contribution in [0.2, 0.25) is 0 Å². The van der Waals surface area contributed by atoms with Gasteiger partial charge in [0.15, 0.2) is 0 Å². The Morgan fingerprint density at radius 1 is 1.47 bits per heavy atom. The predicted octanol–water partition coefficient (Wildman–Crippen LogP) is 3.28. The van der Waals surface area contributed by atoms with E-state index >= 15 is 0 Å². The van der Waals surface area contributed by atoms with Gasteiger partial charge in [0.1, 0.15) is 11.5 Å².